The number of nitrogens with zero attached hydrogens (tertiary/aromatic N) is 3. The number of fused-ring (bicyclic) bond motifs is 1. The number of nitrogens with one attached hydrogen (secondary N) is 1. The maximum atomic E-state index is 12.6. The molecule has 0 atom stereocenters. The van der Waals surface area contributed by atoms with Crippen LogP contribution in [0.15, 0.2) is 28.7 Å². The van der Waals surface area contributed by atoms with Crippen LogP contribution in [0.1, 0.15) is 36.3 Å². The predicted octanol–water partition coefficient (Wildman–Crippen LogP) is 2.47. The van der Waals surface area contributed by atoms with E-state index in [1.165, 1.54) is 11.1 Å². The molecular formula is C17H22N4O2. The molecule has 1 aromatic carbocycles. The first kappa shape index (κ1) is 15.5. The number of carbonyl (C=O) groups is 1. The van der Waals surface area contributed by atoms with Crippen LogP contribution in [-0.2, 0) is 19.4 Å². The third-order valence-corrected chi connectivity index (χ3v) is 4.15. The fraction of sp³-hybridized carbons (Fsp3) is 0.471. The van der Waals surface area contributed by atoms with E-state index in [-0.39, 0.29) is 18.6 Å². The summed E-state index contributed by atoms with van der Waals surface area (Å²) in [6.45, 7) is 4.83. The second-order valence-corrected chi connectivity index (χ2v) is 5.90. The Morgan fingerprint density at radius 1 is 1.30 bits per heavy atom. The molecular weight excluding hydrogens is 292 g/mol. The Morgan fingerprint density at radius 2 is 2.00 bits per heavy atom. The average Bonchev–Trinajstić information content (AvgIpc) is 3.16. The minimum Gasteiger partial charge on any atom is -0.424 e. The fourth-order valence-electron chi connectivity index (χ4n) is 3.11. The van der Waals surface area contributed by atoms with Gasteiger partial charge in [-0.1, -0.05) is 31.2 Å². The van der Waals surface area contributed by atoms with Crippen LogP contribution in [0.5, 0.6) is 0 Å². The predicted molar refractivity (Wildman–Crippen MR) is 85.9 cm³/mol. The molecule has 1 aliphatic rings. The first-order chi connectivity index (χ1) is 11.2. The summed E-state index contributed by atoms with van der Waals surface area (Å²) in [6.07, 6.45) is 2.77. The van der Waals surface area contributed by atoms with Gasteiger partial charge in [-0.3, -0.25) is 0 Å². The van der Waals surface area contributed by atoms with Crippen molar-refractivity contribution < 1.29 is 9.21 Å². The topological polar surface area (TPSA) is 71.3 Å². The van der Waals surface area contributed by atoms with Crippen LogP contribution in [0, 0.1) is 6.92 Å². The Hall–Kier alpha value is -2.37. The zero-order valence-corrected chi connectivity index (χ0v) is 13.6. The molecule has 1 aromatic heterocycles. The van der Waals surface area contributed by atoms with Gasteiger partial charge in [0.05, 0.1) is 6.54 Å². The van der Waals surface area contributed by atoms with Gasteiger partial charge in [0.2, 0.25) is 11.8 Å². The molecule has 0 bridgehead atoms. The summed E-state index contributed by atoms with van der Waals surface area (Å²) in [5, 5.41) is 10.6. The Kier molecular flexibility index (Phi) is 4.60. The van der Waals surface area contributed by atoms with Gasteiger partial charge in [0.15, 0.2) is 0 Å². The summed E-state index contributed by atoms with van der Waals surface area (Å²) >= 11 is 0. The average molecular weight is 314 g/mol. The molecule has 0 radical (unpaired) electrons. The molecule has 1 heterocycles. The van der Waals surface area contributed by atoms with Crippen LogP contribution < -0.4 is 5.32 Å². The van der Waals surface area contributed by atoms with Gasteiger partial charge in [-0.25, -0.2) is 4.79 Å². The van der Waals surface area contributed by atoms with Crippen LogP contribution >= 0.6 is 0 Å². The number of aryl methyl sites for hydroxylation is 1. The van der Waals surface area contributed by atoms with E-state index >= 15 is 0 Å². The number of aromatic nitrogens is 2. The van der Waals surface area contributed by atoms with Crippen LogP contribution in [-0.4, -0.2) is 33.7 Å². The highest BCUT2D eigenvalue weighted by Gasteiger charge is 2.29. The molecule has 0 saturated carbocycles. The molecule has 3 rings (SSSR count). The number of amides is 2. The lowest BCUT2D eigenvalue weighted by molar-refractivity contribution is 0.174. The van der Waals surface area contributed by atoms with Crippen molar-refractivity contribution in [1.29, 1.82) is 0 Å². The third-order valence-electron chi connectivity index (χ3n) is 4.15. The molecule has 1 N–H and O–H groups in total. The largest absolute Gasteiger partial charge is 0.424 e. The summed E-state index contributed by atoms with van der Waals surface area (Å²) in [6, 6.07) is 8.57. The summed E-state index contributed by atoms with van der Waals surface area (Å²) in [7, 11) is 0. The van der Waals surface area contributed by atoms with Gasteiger partial charge in [0.25, 0.3) is 0 Å². The highest BCUT2D eigenvalue weighted by Crippen LogP contribution is 2.25. The molecule has 6 nitrogen and oxygen atoms in total. The van der Waals surface area contributed by atoms with Crippen LogP contribution in [0.3, 0.4) is 0 Å². The maximum Gasteiger partial charge on any atom is 0.318 e. The van der Waals surface area contributed by atoms with Crippen molar-refractivity contribution in [2.45, 2.75) is 45.7 Å². The van der Waals surface area contributed by atoms with Crippen molar-refractivity contribution in [2.24, 2.45) is 0 Å². The molecule has 0 unspecified atom stereocenters. The van der Waals surface area contributed by atoms with Crippen molar-refractivity contribution in [1.82, 2.24) is 20.4 Å². The van der Waals surface area contributed by atoms with E-state index in [9.17, 15) is 4.79 Å². The van der Waals surface area contributed by atoms with Gasteiger partial charge < -0.3 is 14.6 Å². The second-order valence-electron chi connectivity index (χ2n) is 5.90. The number of urea groups is 1. The molecule has 0 spiro atoms. The zero-order chi connectivity index (χ0) is 16.2. The number of carbonyl (C=O) groups excluding carboxylic acids is 1. The molecule has 2 aromatic rings. The van der Waals surface area contributed by atoms with E-state index in [2.05, 4.69) is 46.7 Å². The first-order valence-corrected chi connectivity index (χ1v) is 8.07. The lowest BCUT2D eigenvalue weighted by Gasteiger charge is -2.28. The Balaban J connectivity index is 1.63. The van der Waals surface area contributed by atoms with Gasteiger partial charge >= 0.3 is 6.03 Å². The molecule has 0 aliphatic heterocycles. The van der Waals surface area contributed by atoms with Crippen molar-refractivity contribution in [3.63, 3.8) is 0 Å². The van der Waals surface area contributed by atoms with E-state index in [0.29, 0.717) is 11.8 Å². The highest BCUT2D eigenvalue weighted by atomic mass is 16.4. The van der Waals surface area contributed by atoms with Gasteiger partial charge in [-0.05, 0) is 30.4 Å². The number of rotatable bonds is 5. The lowest BCUT2D eigenvalue weighted by Crippen LogP contribution is -2.46. The Labute approximate surface area is 135 Å². The zero-order valence-electron chi connectivity index (χ0n) is 13.6. The van der Waals surface area contributed by atoms with Crippen molar-refractivity contribution in [2.75, 3.05) is 6.54 Å². The molecule has 0 saturated heterocycles. The van der Waals surface area contributed by atoms with E-state index in [1.54, 1.807) is 6.92 Å². The smallest absolute Gasteiger partial charge is 0.318 e. The standard InChI is InChI=1S/C17H22N4O2/c1-3-8-21(15-9-13-6-4-5-7-14(13)10-15)17(22)18-11-16-20-19-12(2)23-16/h4-7,15H,3,8-11H2,1-2H3,(H,18,22). The van der Waals surface area contributed by atoms with Gasteiger partial charge in [-0.15, -0.1) is 10.2 Å². The third kappa shape index (κ3) is 3.52. The van der Waals surface area contributed by atoms with Crippen LogP contribution in [0.25, 0.3) is 0 Å². The first-order valence-electron chi connectivity index (χ1n) is 8.07. The van der Waals surface area contributed by atoms with Gasteiger partial charge in [0, 0.05) is 19.5 Å². The minimum absolute atomic E-state index is 0.0690. The molecule has 122 valence electrons. The van der Waals surface area contributed by atoms with Crippen LogP contribution in [0.2, 0.25) is 0 Å². The van der Waals surface area contributed by atoms with E-state index in [4.69, 9.17) is 4.42 Å². The monoisotopic (exact) mass is 314 g/mol. The molecule has 0 fully saturated rings. The SMILES string of the molecule is CCCN(C(=O)NCc1nnc(C)o1)C1Cc2ccccc2C1. The number of hydrogen-bond donors (Lipinski definition) is 1. The maximum absolute atomic E-state index is 12.6. The van der Waals surface area contributed by atoms with Crippen LogP contribution in [0.4, 0.5) is 4.79 Å². The van der Waals surface area contributed by atoms with E-state index in [1.807, 2.05) is 4.90 Å². The van der Waals surface area contributed by atoms with Crippen molar-refractivity contribution in [3.05, 3.63) is 47.2 Å². The van der Waals surface area contributed by atoms with Gasteiger partial charge in [0.1, 0.15) is 0 Å². The fourth-order valence-corrected chi connectivity index (χ4v) is 3.11. The molecule has 6 heteroatoms. The van der Waals surface area contributed by atoms with E-state index in [0.717, 1.165) is 25.8 Å². The molecule has 2 amide bonds. The Morgan fingerprint density at radius 3 is 2.57 bits per heavy atom. The Bertz CT molecular complexity index is 658. The summed E-state index contributed by atoms with van der Waals surface area (Å²) < 4.78 is 5.29. The number of hydrogen-bond acceptors (Lipinski definition) is 4. The normalized spacial score (nSPS) is 13.8. The lowest BCUT2D eigenvalue weighted by atomic mass is 10.1. The summed E-state index contributed by atoms with van der Waals surface area (Å²) in [4.78, 5) is 14.5. The summed E-state index contributed by atoms with van der Waals surface area (Å²) in [5.74, 6) is 0.938. The van der Waals surface area contributed by atoms with Gasteiger partial charge in [-0.2, -0.15) is 0 Å². The number of benzene rings is 1. The molecule has 1 aliphatic carbocycles. The molecule has 23 heavy (non-hydrogen) atoms. The minimum atomic E-state index is -0.0690. The quantitative estimate of drug-likeness (QED) is 0.920. The van der Waals surface area contributed by atoms with E-state index < -0.39 is 0 Å². The second kappa shape index (κ2) is 6.81. The van der Waals surface area contributed by atoms with Crippen molar-refractivity contribution >= 4 is 6.03 Å². The highest BCUT2D eigenvalue weighted by molar-refractivity contribution is 5.74. The summed E-state index contributed by atoms with van der Waals surface area (Å²) in [5.41, 5.74) is 2.69. The van der Waals surface area contributed by atoms with Crippen molar-refractivity contribution in [3.8, 4) is 0 Å².